The van der Waals surface area contributed by atoms with Gasteiger partial charge in [-0.1, -0.05) is 35.7 Å². The van der Waals surface area contributed by atoms with E-state index in [0.29, 0.717) is 30.5 Å². The summed E-state index contributed by atoms with van der Waals surface area (Å²) in [6.07, 6.45) is 2.05. The lowest BCUT2D eigenvalue weighted by Gasteiger charge is -2.31. The largest absolute Gasteiger partial charge is 0.490 e. The number of amides is 2. The first-order chi connectivity index (χ1) is 23.7. The average molecular weight is 707 g/mol. The van der Waals surface area contributed by atoms with Gasteiger partial charge in [-0.2, -0.15) is 0 Å². The Morgan fingerprint density at radius 2 is 1.73 bits per heavy atom. The molecule has 0 saturated carbocycles. The molecule has 2 aromatic carbocycles. The average Bonchev–Trinajstić information content (AvgIpc) is 3.10. The van der Waals surface area contributed by atoms with Crippen molar-refractivity contribution in [3.05, 3.63) is 80.4 Å². The van der Waals surface area contributed by atoms with E-state index in [0.717, 1.165) is 51.0 Å². The van der Waals surface area contributed by atoms with E-state index in [-0.39, 0.29) is 29.9 Å². The van der Waals surface area contributed by atoms with Crippen LogP contribution in [0.25, 0.3) is 0 Å². The number of allylic oxidation sites excluding steroid dienone is 1. The molecule has 2 amide bonds. The number of aromatic nitrogens is 2. The van der Waals surface area contributed by atoms with E-state index in [4.69, 9.17) is 14.2 Å². The SMILES string of the molecule is CC1=C(SCC(=O)NCc2ccc3c(c2)N(C)CCO3)NC(OC2COc3ccc(CNC(=O)CSc4[nH]c(=O)ncc4C)cc3N2)N=C1. The van der Waals surface area contributed by atoms with E-state index in [2.05, 4.69) is 41.1 Å². The number of carbonyl (C=O) groups excluding carboxylic acids is 2. The van der Waals surface area contributed by atoms with Crippen molar-refractivity contribution in [2.75, 3.05) is 48.5 Å². The molecule has 4 heterocycles. The molecule has 0 bridgehead atoms. The number of carbonyl (C=O) groups is 2. The van der Waals surface area contributed by atoms with Gasteiger partial charge in [0.05, 0.1) is 39.5 Å². The highest BCUT2D eigenvalue weighted by Crippen LogP contribution is 2.32. The summed E-state index contributed by atoms with van der Waals surface area (Å²) in [5.74, 6) is 1.67. The summed E-state index contributed by atoms with van der Waals surface area (Å²) in [4.78, 5) is 49.6. The summed E-state index contributed by atoms with van der Waals surface area (Å²) in [7, 11) is 2.03. The number of hydrogen-bond donors (Lipinski definition) is 5. The maximum absolute atomic E-state index is 12.7. The van der Waals surface area contributed by atoms with Gasteiger partial charge in [-0.15, -0.1) is 0 Å². The van der Waals surface area contributed by atoms with Gasteiger partial charge < -0.3 is 45.4 Å². The summed E-state index contributed by atoms with van der Waals surface area (Å²) in [6.45, 7) is 6.26. The van der Waals surface area contributed by atoms with Crippen molar-refractivity contribution in [2.24, 2.45) is 4.99 Å². The van der Waals surface area contributed by atoms with Gasteiger partial charge in [0.2, 0.25) is 18.2 Å². The van der Waals surface area contributed by atoms with Gasteiger partial charge in [0.15, 0.2) is 6.23 Å². The Morgan fingerprint density at radius 3 is 2.53 bits per heavy atom. The quantitative estimate of drug-likeness (QED) is 0.138. The van der Waals surface area contributed by atoms with Crippen LogP contribution in [0.4, 0.5) is 11.4 Å². The van der Waals surface area contributed by atoms with Crippen LogP contribution in [0.15, 0.2) is 68.0 Å². The van der Waals surface area contributed by atoms with Gasteiger partial charge >= 0.3 is 5.69 Å². The second-order valence-electron chi connectivity index (χ2n) is 11.6. The van der Waals surface area contributed by atoms with Crippen LogP contribution in [0, 0.1) is 6.92 Å². The Kier molecular flexibility index (Phi) is 11.0. The molecule has 2 atom stereocenters. The van der Waals surface area contributed by atoms with Crippen LogP contribution >= 0.6 is 23.5 Å². The summed E-state index contributed by atoms with van der Waals surface area (Å²) in [5, 5.41) is 14.0. The monoisotopic (exact) mass is 706 g/mol. The number of likely N-dealkylation sites (N-methyl/N-ethyl adjacent to an activating group) is 1. The van der Waals surface area contributed by atoms with E-state index in [1.165, 1.54) is 29.7 Å². The summed E-state index contributed by atoms with van der Waals surface area (Å²) in [6, 6.07) is 11.6. The Morgan fingerprint density at radius 1 is 1.00 bits per heavy atom. The minimum absolute atomic E-state index is 0.0840. The maximum Gasteiger partial charge on any atom is 0.345 e. The van der Waals surface area contributed by atoms with Gasteiger partial charge in [0, 0.05) is 32.5 Å². The number of nitrogens with zero attached hydrogens (tertiary/aromatic N) is 3. The van der Waals surface area contributed by atoms with Crippen molar-refractivity contribution in [3.63, 3.8) is 0 Å². The van der Waals surface area contributed by atoms with Crippen LogP contribution < -0.4 is 41.3 Å². The zero-order valence-electron chi connectivity index (χ0n) is 27.3. The number of aryl methyl sites for hydroxylation is 1. The smallest absolute Gasteiger partial charge is 0.345 e. The molecule has 0 radical (unpaired) electrons. The first-order valence-corrected chi connectivity index (χ1v) is 17.7. The molecule has 2 unspecified atom stereocenters. The molecule has 0 fully saturated rings. The van der Waals surface area contributed by atoms with Gasteiger partial charge in [0.1, 0.15) is 24.7 Å². The zero-order chi connectivity index (χ0) is 34.3. The number of rotatable bonds is 12. The van der Waals surface area contributed by atoms with Crippen LogP contribution in [-0.4, -0.2) is 78.9 Å². The van der Waals surface area contributed by atoms with E-state index in [9.17, 15) is 14.4 Å². The second kappa shape index (κ2) is 15.7. The van der Waals surface area contributed by atoms with Crippen LogP contribution in [0.1, 0.15) is 23.6 Å². The molecular formula is C33H38N8O6S2. The molecule has 0 aliphatic carbocycles. The number of H-pyrrole nitrogens is 1. The van der Waals surface area contributed by atoms with Crippen LogP contribution in [0.2, 0.25) is 0 Å². The second-order valence-corrected chi connectivity index (χ2v) is 13.6. The number of aliphatic imine (C=N–C) groups is 1. The molecule has 0 saturated heterocycles. The molecule has 3 aliphatic heterocycles. The predicted octanol–water partition coefficient (Wildman–Crippen LogP) is 2.70. The Hall–Kier alpha value is -4.67. The predicted molar refractivity (Wildman–Crippen MR) is 190 cm³/mol. The lowest BCUT2D eigenvalue weighted by molar-refractivity contribution is -0.119. The van der Waals surface area contributed by atoms with Crippen molar-refractivity contribution >= 4 is 52.9 Å². The number of aromatic amines is 1. The molecule has 16 heteroatoms. The number of anilines is 2. The fourth-order valence-electron chi connectivity index (χ4n) is 5.14. The van der Waals surface area contributed by atoms with Crippen molar-refractivity contribution in [2.45, 2.75) is 44.5 Å². The third-order valence-corrected chi connectivity index (χ3v) is 10.1. The maximum atomic E-state index is 12.7. The van der Waals surface area contributed by atoms with E-state index >= 15 is 0 Å². The molecule has 14 nitrogen and oxygen atoms in total. The van der Waals surface area contributed by atoms with Crippen molar-refractivity contribution in [3.8, 4) is 11.5 Å². The third kappa shape index (κ3) is 9.07. The Labute approximate surface area is 291 Å². The standard InChI is InChI=1S/C33H38N8O6S2/c1-19-12-36-32(44)39-30(19)48-17-27(42)34-14-21-4-6-25-23(10-21)38-29(16-46-25)47-33-37-13-20(2)31(40-33)49-18-28(43)35-15-22-5-7-26-24(11-22)41(3)8-9-45-26/h4-7,10-13,29,33,38,40H,8-9,14-18H2,1-3H3,(H,34,42)(H,35,43)(H,36,39,44). The number of thioether (sulfide) groups is 2. The van der Waals surface area contributed by atoms with Crippen molar-refractivity contribution in [1.29, 1.82) is 0 Å². The molecule has 258 valence electrons. The lowest BCUT2D eigenvalue weighted by Crippen LogP contribution is -2.42. The molecule has 6 rings (SSSR count). The molecule has 0 spiro atoms. The molecule has 3 aliphatic rings. The van der Waals surface area contributed by atoms with Gasteiger partial charge in [0.25, 0.3) is 0 Å². The third-order valence-electron chi connectivity index (χ3n) is 7.81. The minimum Gasteiger partial charge on any atom is -0.490 e. The summed E-state index contributed by atoms with van der Waals surface area (Å²) >= 11 is 2.64. The fraction of sp³-hybridized carbons (Fsp3) is 0.364. The van der Waals surface area contributed by atoms with Gasteiger partial charge in [-0.25, -0.2) is 14.8 Å². The highest BCUT2D eigenvalue weighted by Gasteiger charge is 2.25. The Balaban J connectivity index is 0.942. The molecular weight excluding hydrogens is 669 g/mol. The summed E-state index contributed by atoms with van der Waals surface area (Å²) in [5.41, 5.74) is 4.90. The Bertz CT molecular complexity index is 1830. The van der Waals surface area contributed by atoms with E-state index < -0.39 is 18.3 Å². The topological polar surface area (TPSA) is 171 Å². The first-order valence-electron chi connectivity index (χ1n) is 15.7. The number of nitrogens with one attached hydrogen (secondary N) is 5. The van der Waals surface area contributed by atoms with E-state index in [1.54, 1.807) is 6.21 Å². The highest BCUT2D eigenvalue weighted by molar-refractivity contribution is 8.03. The number of fused-ring (bicyclic) bond motifs is 2. The van der Waals surface area contributed by atoms with Crippen LogP contribution in [0.5, 0.6) is 11.5 Å². The first kappa shape index (κ1) is 34.2. The summed E-state index contributed by atoms with van der Waals surface area (Å²) < 4.78 is 17.8. The molecule has 1 aromatic heterocycles. The van der Waals surface area contributed by atoms with Crippen molar-refractivity contribution in [1.82, 2.24) is 25.9 Å². The number of hydrogen-bond acceptors (Lipinski definition) is 13. The normalized spacial score (nSPS) is 17.9. The fourth-order valence-corrected chi connectivity index (χ4v) is 6.80. The lowest BCUT2D eigenvalue weighted by atomic mass is 10.1. The van der Waals surface area contributed by atoms with Crippen LogP contribution in [0.3, 0.4) is 0 Å². The van der Waals surface area contributed by atoms with Gasteiger partial charge in [-0.05, 0) is 60.4 Å². The number of benzene rings is 2. The van der Waals surface area contributed by atoms with Crippen LogP contribution in [-0.2, 0) is 27.4 Å². The van der Waals surface area contributed by atoms with E-state index in [1.807, 2.05) is 57.3 Å². The van der Waals surface area contributed by atoms with Gasteiger partial charge in [-0.3, -0.25) is 9.59 Å². The zero-order valence-corrected chi connectivity index (χ0v) is 29.0. The molecule has 3 aromatic rings. The molecule has 5 N–H and O–H groups in total. The van der Waals surface area contributed by atoms with Crippen molar-refractivity contribution < 1.29 is 23.8 Å². The molecule has 49 heavy (non-hydrogen) atoms. The number of ether oxygens (including phenoxy) is 3. The highest BCUT2D eigenvalue weighted by atomic mass is 32.2. The minimum atomic E-state index is -0.675.